The van der Waals surface area contributed by atoms with Gasteiger partial charge in [0.25, 0.3) is 0 Å². The van der Waals surface area contributed by atoms with Crippen LogP contribution in [-0.2, 0) is 10.8 Å². The third-order valence-corrected chi connectivity index (χ3v) is 6.24. The largest absolute Gasteiger partial charge is 0.355 e. The Morgan fingerprint density at radius 3 is 1.38 bits per heavy atom. The first-order chi connectivity index (χ1) is 12.4. The van der Waals surface area contributed by atoms with E-state index in [1.807, 2.05) is 0 Å². The van der Waals surface area contributed by atoms with Gasteiger partial charge in [-0.2, -0.15) is 0 Å². The van der Waals surface area contributed by atoms with Crippen molar-refractivity contribution in [2.75, 3.05) is 10.6 Å². The molecule has 3 aromatic carbocycles. The van der Waals surface area contributed by atoms with Crippen LogP contribution in [0.2, 0.25) is 0 Å². The molecule has 2 N–H and O–H groups in total. The van der Waals surface area contributed by atoms with E-state index in [0.717, 1.165) is 0 Å². The monoisotopic (exact) mass is 340 g/mol. The molecule has 0 fully saturated rings. The molecule has 26 heavy (non-hydrogen) atoms. The Balaban J connectivity index is 1.75. The maximum Gasteiger partial charge on any atom is 0.0446 e. The van der Waals surface area contributed by atoms with E-state index < -0.39 is 0 Å². The Morgan fingerprint density at radius 2 is 0.923 bits per heavy atom. The van der Waals surface area contributed by atoms with Crippen molar-refractivity contribution in [2.45, 2.75) is 38.5 Å². The molecule has 2 aliphatic rings. The van der Waals surface area contributed by atoms with E-state index in [-0.39, 0.29) is 10.8 Å². The molecule has 0 radical (unpaired) electrons. The van der Waals surface area contributed by atoms with E-state index in [9.17, 15) is 0 Å². The zero-order valence-corrected chi connectivity index (χ0v) is 15.8. The lowest BCUT2D eigenvalue weighted by atomic mass is 9.69. The lowest BCUT2D eigenvalue weighted by molar-refractivity contribution is 0.615. The van der Waals surface area contributed by atoms with Gasteiger partial charge in [0.1, 0.15) is 0 Å². The lowest BCUT2D eigenvalue weighted by Gasteiger charge is -2.40. The van der Waals surface area contributed by atoms with Crippen LogP contribution >= 0.6 is 0 Å². The zero-order valence-electron chi connectivity index (χ0n) is 15.8. The van der Waals surface area contributed by atoms with Crippen molar-refractivity contribution in [2.24, 2.45) is 0 Å². The standard InChI is InChI=1S/C24H24N2/c1-23(2)15-9-5-7-11-19(15)25-21-14-22-18(13-17(21)23)24(3,4)16-10-6-8-12-20(16)26-22/h5-14,25-26H,1-4H3. The molecule has 130 valence electrons. The molecule has 0 saturated heterocycles. The van der Waals surface area contributed by atoms with Crippen molar-refractivity contribution < 1.29 is 0 Å². The maximum absolute atomic E-state index is 3.66. The first-order valence-corrected chi connectivity index (χ1v) is 9.31. The van der Waals surface area contributed by atoms with Gasteiger partial charge in [0.2, 0.25) is 0 Å². The molecule has 0 unspecified atom stereocenters. The summed E-state index contributed by atoms with van der Waals surface area (Å²) in [5, 5.41) is 7.32. The highest BCUT2D eigenvalue weighted by Crippen LogP contribution is 2.51. The highest BCUT2D eigenvalue weighted by Gasteiger charge is 2.38. The van der Waals surface area contributed by atoms with E-state index in [1.165, 1.54) is 45.0 Å². The Bertz CT molecular complexity index is 963. The summed E-state index contributed by atoms with van der Waals surface area (Å²) >= 11 is 0. The third kappa shape index (κ3) is 1.93. The molecule has 0 aliphatic carbocycles. The molecule has 0 bridgehead atoms. The molecule has 2 aliphatic heterocycles. The van der Waals surface area contributed by atoms with Gasteiger partial charge in [0.15, 0.2) is 0 Å². The molecule has 0 saturated carbocycles. The number of hydrogen-bond acceptors (Lipinski definition) is 2. The Kier molecular flexibility index (Phi) is 2.93. The van der Waals surface area contributed by atoms with E-state index in [1.54, 1.807) is 0 Å². The van der Waals surface area contributed by atoms with Gasteiger partial charge in [0.05, 0.1) is 0 Å². The normalized spacial score (nSPS) is 17.7. The maximum atomic E-state index is 3.66. The second kappa shape index (κ2) is 4.91. The minimum absolute atomic E-state index is 0.0285. The van der Waals surface area contributed by atoms with Gasteiger partial charge in [0, 0.05) is 33.6 Å². The van der Waals surface area contributed by atoms with Crippen molar-refractivity contribution in [3.8, 4) is 0 Å². The fourth-order valence-corrected chi connectivity index (χ4v) is 4.70. The minimum Gasteiger partial charge on any atom is -0.355 e. The van der Waals surface area contributed by atoms with Crippen molar-refractivity contribution in [3.05, 3.63) is 82.9 Å². The molecule has 3 aromatic rings. The van der Waals surface area contributed by atoms with Gasteiger partial charge in [-0.3, -0.25) is 0 Å². The average molecular weight is 340 g/mol. The predicted molar refractivity (Wildman–Crippen MR) is 110 cm³/mol. The van der Waals surface area contributed by atoms with Crippen LogP contribution in [0.15, 0.2) is 60.7 Å². The second-order valence-electron chi connectivity index (χ2n) is 8.53. The van der Waals surface area contributed by atoms with Crippen LogP contribution in [0.1, 0.15) is 49.9 Å². The summed E-state index contributed by atoms with van der Waals surface area (Å²) in [6.07, 6.45) is 0. The van der Waals surface area contributed by atoms with Crippen molar-refractivity contribution >= 4 is 22.7 Å². The minimum atomic E-state index is -0.0285. The molecule has 0 atom stereocenters. The fraction of sp³-hybridized carbons (Fsp3) is 0.250. The van der Waals surface area contributed by atoms with Crippen LogP contribution in [0.3, 0.4) is 0 Å². The smallest absolute Gasteiger partial charge is 0.0446 e. The summed E-state index contributed by atoms with van der Waals surface area (Å²) in [5.41, 5.74) is 10.2. The van der Waals surface area contributed by atoms with Crippen molar-refractivity contribution in [3.63, 3.8) is 0 Å². The molecular weight excluding hydrogens is 316 g/mol. The molecule has 2 heteroatoms. The zero-order chi connectivity index (χ0) is 18.1. The van der Waals surface area contributed by atoms with Crippen LogP contribution in [0, 0.1) is 0 Å². The lowest BCUT2D eigenvalue weighted by Crippen LogP contribution is -2.30. The number of hydrogen-bond donors (Lipinski definition) is 2. The summed E-state index contributed by atoms with van der Waals surface area (Å²) < 4.78 is 0. The molecule has 2 heterocycles. The molecule has 5 rings (SSSR count). The predicted octanol–water partition coefficient (Wildman–Crippen LogP) is 6.45. The van der Waals surface area contributed by atoms with Crippen LogP contribution in [0.5, 0.6) is 0 Å². The quantitative estimate of drug-likeness (QED) is 0.491. The van der Waals surface area contributed by atoms with E-state index >= 15 is 0 Å². The van der Waals surface area contributed by atoms with Crippen LogP contribution < -0.4 is 10.6 Å². The fourth-order valence-electron chi connectivity index (χ4n) is 4.70. The van der Waals surface area contributed by atoms with Gasteiger partial charge in [-0.1, -0.05) is 64.1 Å². The molecule has 0 amide bonds. The second-order valence-corrected chi connectivity index (χ2v) is 8.53. The van der Waals surface area contributed by atoms with Crippen LogP contribution in [0.25, 0.3) is 0 Å². The van der Waals surface area contributed by atoms with E-state index in [0.29, 0.717) is 0 Å². The summed E-state index contributed by atoms with van der Waals surface area (Å²) in [6.45, 7) is 9.31. The number of fused-ring (bicyclic) bond motifs is 4. The third-order valence-electron chi connectivity index (χ3n) is 6.24. The Morgan fingerprint density at radius 1 is 0.500 bits per heavy atom. The molecule has 0 spiro atoms. The van der Waals surface area contributed by atoms with Crippen molar-refractivity contribution in [1.29, 1.82) is 0 Å². The Hall–Kier alpha value is -2.74. The van der Waals surface area contributed by atoms with Crippen LogP contribution in [0.4, 0.5) is 22.7 Å². The number of nitrogens with one attached hydrogen (secondary N) is 2. The summed E-state index contributed by atoms with van der Waals surface area (Å²) in [7, 11) is 0. The Labute approximate surface area is 155 Å². The van der Waals surface area contributed by atoms with E-state index in [2.05, 4.69) is 99.0 Å². The van der Waals surface area contributed by atoms with Crippen LogP contribution in [-0.4, -0.2) is 0 Å². The van der Waals surface area contributed by atoms with Gasteiger partial charge < -0.3 is 10.6 Å². The highest BCUT2D eigenvalue weighted by molar-refractivity contribution is 5.84. The number of benzene rings is 3. The first-order valence-electron chi connectivity index (χ1n) is 9.31. The first kappa shape index (κ1) is 15.5. The average Bonchev–Trinajstić information content (AvgIpc) is 2.61. The van der Waals surface area contributed by atoms with Crippen molar-refractivity contribution in [1.82, 2.24) is 0 Å². The van der Waals surface area contributed by atoms with Gasteiger partial charge in [-0.25, -0.2) is 0 Å². The van der Waals surface area contributed by atoms with Gasteiger partial charge >= 0.3 is 0 Å². The summed E-state index contributed by atoms with van der Waals surface area (Å²) in [6, 6.07) is 22.0. The topological polar surface area (TPSA) is 24.1 Å². The number of rotatable bonds is 0. The number of anilines is 4. The SMILES string of the molecule is CC1(C)c2ccccc2Nc2cc3c(cc21)C(C)(C)c1ccccc1N3. The molecule has 2 nitrogen and oxygen atoms in total. The van der Waals surface area contributed by atoms with Gasteiger partial charge in [-0.15, -0.1) is 0 Å². The van der Waals surface area contributed by atoms with Gasteiger partial charge in [-0.05, 0) is 46.5 Å². The molecule has 0 aromatic heterocycles. The highest BCUT2D eigenvalue weighted by atomic mass is 14.9. The molecular formula is C24H24N2. The number of para-hydroxylation sites is 2. The summed E-state index contributed by atoms with van der Waals surface area (Å²) in [4.78, 5) is 0. The van der Waals surface area contributed by atoms with E-state index in [4.69, 9.17) is 0 Å². The summed E-state index contributed by atoms with van der Waals surface area (Å²) in [5.74, 6) is 0.